The lowest BCUT2D eigenvalue weighted by atomic mass is 10.1. The van der Waals surface area contributed by atoms with E-state index in [2.05, 4.69) is 9.39 Å². The van der Waals surface area contributed by atoms with Crippen LogP contribution in [-0.4, -0.2) is 48.3 Å². The average molecular weight is 513 g/mol. The largest absolute Gasteiger partial charge is 0.493 e. The van der Waals surface area contributed by atoms with Crippen molar-refractivity contribution in [3.8, 4) is 11.5 Å². The molecule has 0 spiro atoms. The van der Waals surface area contributed by atoms with Gasteiger partial charge in [-0.15, -0.1) is 0 Å². The van der Waals surface area contributed by atoms with Gasteiger partial charge in [0.05, 0.1) is 30.4 Å². The second-order valence-corrected chi connectivity index (χ2v) is 10.9. The third-order valence-corrected chi connectivity index (χ3v) is 7.81. The Labute approximate surface area is 208 Å². The normalized spacial score (nSPS) is 16.9. The van der Waals surface area contributed by atoms with Gasteiger partial charge in [0.15, 0.2) is 11.5 Å². The molecule has 182 valence electrons. The number of carbonyl (C=O) groups excluding carboxylic acids is 1. The molecule has 1 amide bonds. The number of nitrogens with zero attached hydrogens (tertiary/aromatic N) is 3. The first kappa shape index (κ1) is 24.7. The third-order valence-electron chi connectivity index (χ3n) is 5.06. The number of sulfone groups is 1. The maximum Gasteiger partial charge on any atom is 0.283 e. The fourth-order valence-corrected chi connectivity index (χ4v) is 6.24. The molecule has 0 radical (unpaired) electrons. The van der Waals surface area contributed by atoms with Crippen molar-refractivity contribution in [1.29, 1.82) is 5.41 Å². The van der Waals surface area contributed by atoms with Gasteiger partial charge in [-0.3, -0.25) is 10.2 Å². The lowest BCUT2D eigenvalue weighted by Crippen LogP contribution is -2.46. The Hall–Kier alpha value is -3.44. The molecule has 0 aliphatic carbocycles. The molecule has 1 N–H and O–H groups in total. The number of rotatable bonds is 7. The van der Waals surface area contributed by atoms with E-state index in [-0.39, 0.29) is 33.4 Å². The summed E-state index contributed by atoms with van der Waals surface area (Å²) in [5.41, 5.74) is 1.52. The Bertz CT molecular complexity index is 1370. The highest BCUT2D eigenvalue weighted by Gasteiger charge is 2.42. The molecule has 0 atom stereocenters. The predicted octanol–water partition coefficient (Wildman–Crippen LogP) is 3.92. The van der Waals surface area contributed by atoms with Crippen molar-refractivity contribution in [3.63, 3.8) is 0 Å². The van der Waals surface area contributed by atoms with E-state index in [0.29, 0.717) is 23.7 Å². The third kappa shape index (κ3) is 5.30. The minimum absolute atomic E-state index is 0.0521. The summed E-state index contributed by atoms with van der Waals surface area (Å²) >= 11 is 0.775. The summed E-state index contributed by atoms with van der Waals surface area (Å²) in [6.45, 7) is 3.93. The summed E-state index contributed by atoms with van der Waals surface area (Å²) in [5.74, 6) is -0.214. The van der Waals surface area contributed by atoms with Crippen molar-refractivity contribution in [1.82, 2.24) is 4.90 Å². The van der Waals surface area contributed by atoms with Gasteiger partial charge >= 0.3 is 0 Å². The van der Waals surface area contributed by atoms with E-state index < -0.39 is 15.7 Å². The molecule has 2 aliphatic heterocycles. The molecule has 0 aromatic heterocycles. The zero-order valence-corrected chi connectivity index (χ0v) is 21.0. The van der Waals surface area contributed by atoms with Gasteiger partial charge in [-0.2, -0.15) is 9.39 Å². The average Bonchev–Trinajstić information content (AvgIpc) is 3.25. The van der Waals surface area contributed by atoms with E-state index in [4.69, 9.17) is 14.9 Å². The molecular weight excluding hydrogens is 488 g/mol. The quantitative estimate of drug-likeness (QED) is 0.441. The number of aliphatic imine (C=N–C) groups is 1. The lowest BCUT2D eigenvalue weighted by Gasteiger charge is -2.24. The Morgan fingerprint density at radius 2 is 1.89 bits per heavy atom. The maximum atomic E-state index is 12.8. The molecule has 0 saturated carbocycles. The van der Waals surface area contributed by atoms with Crippen LogP contribution in [0.25, 0.3) is 6.08 Å². The smallest absolute Gasteiger partial charge is 0.283 e. The Kier molecular flexibility index (Phi) is 7.08. The van der Waals surface area contributed by atoms with Gasteiger partial charge in [0.1, 0.15) is 12.4 Å². The molecule has 4 rings (SSSR count). The zero-order valence-electron chi connectivity index (χ0n) is 19.4. The van der Waals surface area contributed by atoms with Crippen molar-refractivity contribution in [2.45, 2.75) is 20.5 Å². The first-order valence-electron chi connectivity index (χ1n) is 10.8. The Morgan fingerprint density at radius 3 is 2.57 bits per heavy atom. The Balaban J connectivity index is 1.60. The summed E-state index contributed by atoms with van der Waals surface area (Å²) in [5, 5.41) is 8.37. The van der Waals surface area contributed by atoms with Crippen molar-refractivity contribution in [2.75, 3.05) is 12.9 Å². The van der Waals surface area contributed by atoms with E-state index in [1.54, 1.807) is 32.0 Å². The highest BCUT2D eigenvalue weighted by atomic mass is 32.2. The molecule has 0 fully saturated rings. The molecular formula is C24H24N4O5S2. The van der Waals surface area contributed by atoms with E-state index in [9.17, 15) is 13.2 Å². The van der Waals surface area contributed by atoms with Crippen LogP contribution >= 0.6 is 11.9 Å². The van der Waals surface area contributed by atoms with E-state index in [1.165, 1.54) is 13.2 Å². The molecule has 2 aromatic carbocycles. The highest BCUT2D eigenvalue weighted by Crippen LogP contribution is 2.33. The maximum absolute atomic E-state index is 12.8. The number of fused-ring (bicyclic) bond motifs is 1. The summed E-state index contributed by atoms with van der Waals surface area (Å²) in [6.07, 6.45) is 1.48. The minimum atomic E-state index is -3.76. The number of amides is 1. The van der Waals surface area contributed by atoms with E-state index in [0.717, 1.165) is 22.4 Å². The van der Waals surface area contributed by atoms with Crippen molar-refractivity contribution < 1.29 is 22.7 Å². The molecule has 2 aliphatic rings. The number of methoxy groups -OCH3 is 1. The zero-order chi connectivity index (χ0) is 25.2. The molecule has 11 heteroatoms. The summed E-state index contributed by atoms with van der Waals surface area (Å²) in [7, 11) is -2.25. The second-order valence-electron chi connectivity index (χ2n) is 8.27. The second kappa shape index (κ2) is 10.0. The van der Waals surface area contributed by atoms with Gasteiger partial charge in [-0.25, -0.2) is 13.3 Å². The first-order valence-corrected chi connectivity index (χ1v) is 13.2. The molecule has 2 heterocycles. The minimum Gasteiger partial charge on any atom is -0.493 e. The molecule has 0 unspecified atom stereocenters. The molecule has 0 saturated heterocycles. The standard InChI is InChI=1S/C24H24N4O5S2/c1-15(2)14-35(30,31)24-27-34-23-26-22(29)18(21(25)28(23)24)11-17-9-10-19(20(12-17)32-3)33-13-16-7-5-4-6-8-16/h4-12,15,25H,13-14H2,1-3H3/b18-11-,25-21?. The van der Waals surface area contributed by atoms with Crippen LogP contribution in [0.1, 0.15) is 25.0 Å². The van der Waals surface area contributed by atoms with Gasteiger partial charge < -0.3 is 9.47 Å². The molecule has 2 aromatic rings. The van der Waals surface area contributed by atoms with E-state index >= 15 is 0 Å². The molecule has 9 nitrogen and oxygen atoms in total. The van der Waals surface area contributed by atoms with Crippen molar-refractivity contribution in [2.24, 2.45) is 15.3 Å². The summed E-state index contributed by atoms with van der Waals surface area (Å²) < 4.78 is 40.9. The number of nitrogens with one attached hydrogen (secondary N) is 1. The van der Waals surface area contributed by atoms with Crippen molar-refractivity contribution in [3.05, 3.63) is 65.2 Å². The van der Waals surface area contributed by atoms with Gasteiger partial charge in [0.2, 0.25) is 20.2 Å². The number of benzene rings is 2. The van der Waals surface area contributed by atoms with Crippen LogP contribution in [0.3, 0.4) is 0 Å². The van der Waals surface area contributed by atoms with Gasteiger partial charge in [0.25, 0.3) is 5.91 Å². The molecule has 0 bridgehead atoms. The van der Waals surface area contributed by atoms with Crippen LogP contribution in [0.5, 0.6) is 11.5 Å². The number of amidine groups is 3. The molecule has 35 heavy (non-hydrogen) atoms. The number of hydrogen-bond acceptors (Lipinski definition) is 8. The monoisotopic (exact) mass is 512 g/mol. The first-order chi connectivity index (χ1) is 16.7. The lowest BCUT2D eigenvalue weighted by molar-refractivity contribution is -0.114. The summed E-state index contributed by atoms with van der Waals surface area (Å²) in [4.78, 5) is 17.7. The number of ether oxygens (including phenoxy) is 2. The Morgan fingerprint density at radius 1 is 1.14 bits per heavy atom. The fourth-order valence-electron chi connectivity index (χ4n) is 3.51. The number of hydrogen-bond donors (Lipinski definition) is 1. The SMILES string of the molecule is COc1cc(/C=C2/C(=N)N3C(=NC2=O)SN=C3S(=O)(=O)CC(C)C)ccc1OCc1ccccc1. The van der Waals surface area contributed by atoms with Gasteiger partial charge in [0, 0.05) is 0 Å². The predicted molar refractivity (Wildman–Crippen MR) is 137 cm³/mol. The van der Waals surface area contributed by atoms with Crippen LogP contribution in [0.4, 0.5) is 0 Å². The van der Waals surface area contributed by atoms with Gasteiger partial charge in [-0.05, 0) is 35.3 Å². The van der Waals surface area contributed by atoms with Crippen LogP contribution < -0.4 is 9.47 Å². The highest BCUT2D eigenvalue weighted by molar-refractivity contribution is 8.16. The van der Waals surface area contributed by atoms with Crippen LogP contribution in [-0.2, 0) is 21.2 Å². The van der Waals surface area contributed by atoms with Crippen LogP contribution in [0, 0.1) is 11.3 Å². The van der Waals surface area contributed by atoms with Crippen LogP contribution in [0.15, 0.2) is 63.5 Å². The fraction of sp³-hybridized carbons (Fsp3) is 0.250. The van der Waals surface area contributed by atoms with Crippen LogP contribution in [0.2, 0.25) is 0 Å². The topological polar surface area (TPSA) is 121 Å². The van der Waals surface area contributed by atoms with Gasteiger partial charge in [-0.1, -0.05) is 50.2 Å². The number of carbonyl (C=O) groups is 1. The van der Waals surface area contributed by atoms with Crippen molar-refractivity contribution >= 4 is 49.9 Å². The van der Waals surface area contributed by atoms with E-state index in [1.807, 2.05) is 30.3 Å². The summed E-state index contributed by atoms with van der Waals surface area (Å²) in [6, 6.07) is 14.8.